The van der Waals surface area contributed by atoms with Gasteiger partial charge in [-0.2, -0.15) is 5.10 Å². The van der Waals surface area contributed by atoms with Gasteiger partial charge in [0.15, 0.2) is 5.65 Å². The number of halogens is 1. The van der Waals surface area contributed by atoms with E-state index >= 15 is 0 Å². The molecule has 6 nitrogen and oxygen atoms in total. The minimum Gasteiger partial charge on any atom is -0.348 e. The van der Waals surface area contributed by atoms with Gasteiger partial charge in [0.1, 0.15) is 5.82 Å². The summed E-state index contributed by atoms with van der Waals surface area (Å²) in [6.07, 6.45) is 4.02. The quantitative estimate of drug-likeness (QED) is 0.299. The van der Waals surface area contributed by atoms with E-state index in [0.29, 0.717) is 27.9 Å². The van der Waals surface area contributed by atoms with Crippen molar-refractivity contribution in [3.63, 3.8) is 0 Å². The summed E-state index contributed by atoms with van der Waals surface area (Å²) in [6, 6.07) is 16.6. The monoisotopic (exact) mass is 487 g/mol. The van der Waals surface area contributed by atoms with Crippen LogP contribution in [0.1, 0.15) is 61.1 Å². The molecular formula is C29H34FN5O. The molecule has 0 saturated heterocycles. The van der Waals surface area contributed by atoms with E-state index in [9.17, 15) is 9.18 Å². The van der Waals surface area contributed by atoms with Gasteiger partial charge >= 0.3 is 0 Å². The maximum Gasteiger partial charge on any atom is 0.252 e. The Hall–Kier alpha value is -3.58. The summed E-state index contributed by atoms with van der Waals surface area (Å²) in [4.78, 5) is 20.5. The number of amides is 1. The van der Waals surface area contributed by atoms with Crippen LogP contribution in [0.4, 0.5) is 4.39 Å². The van der Waals surface area contributed by atoms with Gasteiger partial charge in [0.05, 0.1) is 22.8 Å². The van der Waals surface area contributed by atoms with Gasteiger partial charge in [-0.05, 0) is 57.6 Å². The van der Waals surface area contributed by atoms with E-state index in [2.05, 4.69) is 41.4 Å². The van der Waals surface area contributed by atoms with Gasteiger partial charge in [-0.3, -0.25) is 4.79 Å². The normalized spacial score (nSPS) is 11.5. The molecule has 0 saturated carbocycles. The first-order chi connectivity index (χ1) is 17.4. The Balaban J connectivity index is 1.69. The van der Waals surface area contributed by atoms with Gasteiger partial charge < -0.3 is 10.2 Å². The highest BCUT2D eigenvalue weighted by molar-refractivity contribution is 6.06. The minimum atomic E-state index is -0.341. The van der Waals surface area contributed by atoms with Crippen molar-refractivity contribution in [2.24, 2.45) is 0 Å². The summed E-state index contributed by atoms with van der Waals surface area (Å²) >= 11 is 0. The number of fused-ring (bicyclic) bond motifs is 1. The number of hydrogen-bond donors (Lipinski definition) is 1. The molecule has 36 heavy (non-hydrogen) atoms. The molecule has 2 heterocycles. The summed E-state index contributed by atoms with van der Waals surface area (Å²) in [5.41, 5.74) is 4.41. The number of carbonyl (C=O) groups excluding carboxylic acids is 1. The van der Waals surface area contributed by atoms with Gasteiger partial charge in [0.2, 0.25) is 0 Å². The average molecular weight is 488 g/mol. The first kappa shape index (κ1) is 25.5. The third-order valence-electron chi connectivity index (χ3n) is 6.27. The van der Waals surface area contributed by atoms with Gasteiger partial charge in [0.25, 0.3) is 5.91 Å². The highest BCUT2D eigenvalue weighted by Gasteiger charge is 2.19. The van der Waals surface area contributed by atoms with E-state index in [-0.39, 0.29) is 24.3 Å². The summed E-state index contributed by atoms with van der Waals surface area (Å²) in [5.74, 6) is -0.627. The largest absolute Gasteiger partial charge is 0.348 e. The molecule has 0 unspecified atom stereocenters. The fraction of sp³-hybridized carbons (Fsp3) is 0.345. The zero-order valence-electron chi connectivity index (χ0n) is 21.5. The Morgan fingerprint density at radius 3 is 2.69 bits per heavy atom. The van der Waals surface area contributed by atoms with Crippen LogP contribution >= 0.6 is 0 Å². The summed E-state index contributed by atoms with van der Waals surface area (Å²) in [5, 5.41) is 8.04. The lowest BCUT2D eigenvalue weighted by molar-refractivity contribution is 0.0952. The third kappa shape index (κ3) is 5.79. The molecule has 188 valence electrons. The van der Waals surface area contributed by atoms with Crippen LogP contribution in [0.15, 0.2) is 60.8 Å². The van der Waals surface area contributed by atoms with E-state index in [1.54, 1.807) is 24.4 Å². The Bertz CT molecular complexity index is 1350. The van der Waals surface area contributed by atoms with Crippen molar-refractivity contribution in [3.8, 4) is 11.3 Å². The van der Waals surface area contributed by atoms with Crippen molar-refractivity contribution in [2.75, 3.05) is 13.6 Å². The zero-order valence-corrected chi connectivity index (χ0v) is 21.5. The maximum atomic E-state index is 14.1. The molecule has 7 heteroatoms. The van der Waals surface area contributed by atoms with Gasteiger partial charge in [-0.25, -0.2) is 14.1 Å². The second kappa shape index (κ2) is 11.4. The number of pyridine rings is 1. The predicted molar refractivity (Wildman–Crippen MR) is 142 cm³/mol. The topological polar surface area (TPSA) is 63.1 Å². The molecule has 0 atom stereocenters. The fourth-order valence-electron chi connectivity index (χ4n) is 4.29. The fourth-order valence-corrected chi connectivity index (χ4v) is 4.29. The molecule has 1 N–H and O–H groups in total. The Morgan fingerprint density at radius 2 is 1.94 bits per heavy atom. The number of hydrogen-bond acceptors (Lipinski definition) is 4. The number of nitrogens with zero attached hydrogens (tertiary/aromatic N) is 4. The van der Waals surface area contributed by atoms with Crippen LogP contribution in [0.2, 0.25) is 0 Å². The van der Waals surface area contributed by atoms with Gasteiger partial charge in [0, 0.05) is 30.3 Å². The van der Waals surface area contributed by atoms with Crippen LogP contribution < -0.4 is 5.32 Å². The SMILES string of the molecule is CCCCN(C)Cc1cccc(-c2cc(C(=O)NCc3ccccc3F)c3cnn(C(C)C)c3n2)c1. The number of unbranched alkanes of at least 4 members (excludes halogenated alkanes) is 1. The zero-order chi connectivity index (χ0) is 25.7. The molecule has 0 aliphatic rings. The van der Waals surface area contributed by atoms with Crippen LogP contribution in [-0.4, -0.2) is 39.2 Å². The van der Waals surface area contributed by atoms with Crippen molar-refractivity contribution in [1.29, 1.82) is 0 Å². The minimum absolute atomic E-state index is 0.0816. The number of carbonyl (C=O) groups is 1. The first-order valence-corrected chi connectivity index (χ1v) is 12.5. The molecule has 0 radical (unpaired) electrons. The van der Waals surface area contributed by atoms with Crippen LogP contribution in [0.5, 0.6) is 0 Å². The van der Waals surface area contributed by atoms with Crippen LogP contribution in [0.3, 0.4) is 0 Å². The first-order valence-electron chi connectivity index (χ1n) is 12.5. The summed E-state index contributed by atoms with van der Waals surface area (Å²) in [6.45, 7) is 8.25. The number of aromatic nitrogens is 3. The Morgan fingerprint density at radius 1 is 1.14 bits per heavy atom. The number of rotatable bonds is 10. The van der Waals surface area contributed by atoms with Crippen LogP contribution in [-0.2, 0) is 13.1 Å². The molecule has 1 amide bonds. The lowest BCUT2D eigenvalue weighted by atomic mass is 10.0. The number of benzene rings is 2. The van der Waals surface area contributed by atoms with E-state index in [1.165, 1.54) is 24.5 Å². The van der Waals surface area contributed by atoms with Gasteiger partial charge in [-0.1, -0.05) is 49.7 Å². The second-order valence-corrected chi connectivity index (χ2v) is 9.54. The van der Waals surface area contributed by atoms with Crippen molar-refractivity contribution in [1.82, 2.24) is 25.0 Å². The molecule has 4 rings (SSSR count). The van der Waals surface area contributed by atoms with Gasteiger partial charge in [-0.15, -0.1) is 0 Å². The van der Waals surface area contributed by atoms with E-state index in [0.717, 1.165) is 18.7 Å². The lowest BCUT2D eigenvalue weighted by Gasteiger charge is -2.17. The van der Waals surface area contributed by atoms with Crippen LogP contribution in [0, 0.1) is 5.82 Å². The molecule has 2 aromatic carbocycles. The van der Waals surface area contributed by atoms with E-state index in [4.69, 9.17) is 4.98 Å². The molecule has 0 aliphatic carbocycles. The highest BCUT2D eigenvalue weighted by Crippen LogP contribution is 2.27. The highest BCUT2D eigenvalue weighted by atomic mass is 19.1. The molecule has 2 aromatic heterocycles. The summed E-state index contributed by atoms with van der Waals surface area (Å²) < 4.78 is 15.9. The molecular weight excluding hydrogens is 453 g/mol. The maximum absolute atomic E-state index is 14.1. The van der Waals surface area contributed by atoms with Crippen molar-refractivity contribution < 1.29 is 9.18 Å². The molecule has 0 fully saturated rings. The third-order valence-corrected chi connectivity index (χ3v) is 6.27. The Labute approximate surface area is 212 Å². The van der Waals surface area contributed by atoms with E-state index in [1.807, 2.05) is 36.7 Å². The molecule has 0 spiro atoms. The smallest absolute Gasteiger partial charge is 0.252 e. The lowest BCUT2D eigenvalue weighted by Crippen LogP contribution is -2.23. The van der Waals surface area contributed by atoms with Crippen molar-refractivity contribution >= 4 is 16.9 Å². The standard InChI is InChI=1S/C29H34FN5O/c1-5-6-14-34(4)19-21-10-9-12-22(15-21)27-16-24(25-18-32-35(20(2)3)28(25)33-27)29(36)31-17-23-11-7-8-13-26(23)30/h7-13,15-16,18,20H,5-6,14,17,19H2,1-4H3,(H,31,36). The molecule has 0 aliphatic heterocycles. The van der Waals surface area contributed by atoms with Crippen LogP contribution in [0.25, 0.3) is 22.3 Å². The average Bonchev–Trinajstić information content (AvgIpc) is 3.31. The summed E-state index contributed by atoms with van der Waals surface area (Å²) in [7, 11) is 2.13. The number of nitrogens with one attached hydrogen (secondary N) is 1. The Kier molecular flexibility index (Phi) is 8.10. The second-order valence-electron chi connectivity index (χ2n) is 9.54. The van der Waals surface area contributed by atoms with E-state index < -0.39 is 0 Å². The predicted octanol–water partition coefficient (Wildman–Crippen LogP) is 5.98. The van der Waals surface area contributed by atoms with Crippen molar-refractivity contribution in [3.05, 3.63) is 83.3 Å². The van der Waals surface area contributed by atoms with Crippen molar-refractivity contribution in [2.45, 2.75) is 52.7 Å². The molecule has 4 aromatic rings. The molecule has 0 bridgehead atoms.